The number of furan rings is 1. The highest BCUT2D eigenvalue weighted by Gasteiger charge is 2.14. The molecule has 136 valence electrons. The zero-order valence-corrected chi connectivity index (χ0v) is 15.1. The van der Waals surface area contributed by atoms with Gasteiger partial charge in [-0.25, -0.2) is 0 Å². The van der Waals surface area contributed by atoms with Gasteiger partial charge in [0.15, 0.2) is 0 Å². The van der Waals surface area contributed by atoms with Gasteiger partial charge in [-0.1, -0.05) is 5.16 Å². The van der Waals surface area contributed by atoms with Crippen LogP contribution in [0, 0.1) is 6.92 Å². The highest BCUT2D eigenvalue weighted by atomic mass is 16.5. The first-order valence-electron chi connectivity index (χ1n) is 8.31. The summed E-state index contributed by atoms with van der Waals surface area (Å²) in [4.78, 5) is 18.2. The number of rotatable bonds is 7. The lowest BCUT2D eigenvalue weighted by Gasteiger charge is -2.14. The molecule has 2 heterocycles. The van der Waals surface area contributed by atoms with Crippen molar-refractivity contribution in [2.45, 2.75) is 26.3 Å². The van der Waals surface area contributed by atoms with Crippen molar-refractivity contribution < 1.29 is 18.5 Å². The third-order valence-electron chi connectivity index (χ3n) is 3.98. The zero-order valence-electron chi connectivity index (χ0n) is 15.1. The van der Waals surface area contributed by atoms with Crippen LogP contribution in [0.15, 0.2) is 45.3 Å². The summed E-state index contributed by atoms with van der Waals surface area (Å²) in [5.74, 6) is 3.28. The molecular formula is C19H21N3O4. The number of aryl methyl sites for hydroxylation is 2. The fraction of sp³-hybridized carbons (Fsp3) is 0.316. The number of carbonyl (C=O) groups excluding carboxylic acids is 1. The van der Waals surface area contributed by atoms with Crippen LogP contribution in [0.3, 0.4) is 0 Å². The van der Waals surface area contributed by atoms with Gasteiger partial charge in [-0.15, -0.1) is 0 Å². The predicted octanol–water partition coefficient (Wildman–Crippen LogP) is 3.24. The number of benzene rings is 1. The number of aromatic nitrogens is 2. The lowest BCUT2D eigenvalue weighted by Crippen LogP contribution is -2.26. The highest BCUT2D eigenvalue weighted by molar-refractivity contribution is 5.76. The molecule has 0 saturated heterocycles. The summed E-state index contributed by atoms with van der Waals surface area (Å²) in [5, 5.41) is 3.97. The van der Waals surface area contributed by atoms with Gasteiger partial charge in [0.25, 0.3) is 0 Å². The molecule has 1 amide bonds. The summed E-state index contributed by atoms with van der Waals surface area (Å²) in [6.45, 7) is 2.31. The van der Waals surface area contributed by atoms with E-state index in [1.54, 1.807) is 19.1 Å². The Labute approximate surface area is 151 Å². The van der Waals surface area contributed by atoms with E-state index >= 15 is 0 Å². The average molecular weight is 355 g/mol. The van der Waals surface area contributed by atoms with Crippen molar-refractivity contribution >= 4 is 5.91 Å². The number of hydrogen-bond acceptors (Lipinski definition) is 6. The molecule has 0 aliphatic rings. The van der Waals surface area contributed by atoms with Crippen LogP contribution in [0.1, 0.15) is 23.8 Å². The van der Waals surface area contributed by atoms with Gasteiger partial charge in [-0.3, -0.25) is 4.79 Å². The molecule has 0 unspecified atom stereocenters. The Bertz CT molecular complexity index is 867. The number of nitrogens with zero attached hydrogens (tertiary/aromatic N) is 3. The second kappa shape index (κ2) is 7.86. The van der Waals surface area contributed by atoms with Gasteiger partial charge in [-0.2, -0.15) is 4.98 Å². The molecule has 0 atom stereocenters. The van der Waals surface area contributed by atoms with Crippen LogP contribution in [0.2, 0.25) is 0 Å². The lowest BCUT2D eigenvalue weighted by molar-refractivity contribution is -0.130. The molecule has 1 aromatic carbocycles. The highest BCUT2D eigenvalue weighted by Crippen LogP contribution is 2.20. The van der Waals surface area contributed by atoms with Gasteiger partial charge in [0.1, 0.15) is 17.3 Å². The normalized spacial score (nSPS) is 10.7. The van der Waals surface area contributed by atoms with Crippen molar-refractivity contribution in [2.24, 2.45) is 0 Å². The maximum absolute atomic E-state index is 12.3. The Balaban J connectivity index is 1.54. The first-order chi connectivity index (χ1) is 12.5. The number of methoxy groups -OCH3 is 1. The molecule has 3 rings (SSSR count). The van der Waals surface area contributed by atoms with Crippen molar-refractivity contribution in [1.82, 2.24) is 15.0 Å². The largest absolute Gasteiger partial charge is 0.497 e. The molecule has 3 aromatic rings. The Morgan fingerprint density at radius 3 is 2.62 bits per heavy atom. The topological polar surface area (TPSA) is 81.6 Å². The van der Waals surface area contributed by atoms with E-state index in [0.29, 0.717) is 31.1 Å². The number of carbonyl (C=O) groups is 1. The number of amides is 1. The second-order valence-corrected chi connectivity index (χ2v) is 6.00. The van der Waals surface area contributed by atoms with E-state index in [1.807, 2.05) is 43.3 Å². The molecule has 0 N–H and O–H groups in total. The van der Waals surface area contributed by atoms with Crippen LogP contribution in [0.5, 0.6) is 5.75 Å². The minimum absolute atomic E-state index is 0.0109. The Morgan fingerprint density at radius 2 is 1.96 bits per heavy atom. The second-order valence-electron chi connectivity index (χ2n) is 6.00. The molecule has 0 fully saturated rings. The summed E-state index contributed by atoms with van der Waals surface area (Å²) < 4.78 is 15.9. The number of ether oxygens (including phenoxy) is 1. The summed E-state index contributed by atoms with van der Waals surface area (Å²) in [7, 11) is 3.36. The fourth-order valence-electron chi connectivity index (χ4n) is 2.51. The SMILES string of the molecule is COc1ccc(-c2noc(CCC(=O)N(C)Cc3ccc(C)o3)n2)cc1. The van der Waals surface area contributed by atoms with Gasteiger partial charge >= 0.3 is 0 Å². The minimum atomic E-state index is -0.0109. The maximum Gasteiger partial charge on any atom is 0.227 e. The Hall–Kier alpha value is -3.09. The van der Waals surface area contributed by atoms with Gasteiger partial charge in [0.05, 0.1) is 13.7 Å². The molecule has 0 saturated carbocycles. The van der Waals surface area contributed by atoms with Crippen molar-refractivity contribution in [3.8, 4) is 17.1 Å². The molecule has 0 bridgehead atoms. The fourth-order valence-corrected chi connectivity index (χ4v) is 2.51. The molecular weight excluding hydrogens is 334 g/mol. The van der Waals surface area contributed by atoms with Crippen LogP contribution in [0.4, 0.5) is 0 Å². The van der Waals surface area contributed by atoms with Crippen LogP contribution in [-0.2, 0) is 17.8 Å². The molecule has 0 radical (unpaired) electrons. The average Bonchev–Trinajstić information content (AvgIpc) is 3.28. The Kier molecular flexibility index (Phi) is 5.36. The molecule has 0 spiro atoms. The third-order valence-corrected chi connectivity index (χ3v) is 3.98. The van der Waals surface area contributed by atoms with Crippen molar-refractivity contribution in [3.63, 3.8) is 0 Å². The van der Waals surface area contributed by atoms with E-state index in [9.17, 15) is 4.79 Å². The van der Waals surface area contributed by atoms with Crippen molar-refractivity contribution in [1.29, 1.82) is 0 Å². The van der Waals surface area contributed by atoms with E-state index in [-0.39, 0.29) is 5.91 Å². The van der Waals surface area contributed by atoms with Crippen LogP contribution in [-0.4, -0.2) is 35.1 Å². The van der Waals surface area contributed by atoms with Crippen molar-refractivity contribution in [3.05, 3.63) is 53.8 Å². The number of hydrogen-bond donors (Lipinski definition) is 0. The Morgan fingerprint density at radius 1 is 1.19 bits per heavy atom. The summed E-state index contributed by atoms with van der Waals surface area (Å²) in [5.41, 5.74) is 0.831. The molecule has 0 aliphatic carbocycles. The monoisotopic (exact) mass is 355 g/mol. The molecule has 26 heavy (non-hydrogen) atoms. The first-order valence-corrected chi connectivity index (χ1v) is 8.31. The van der Waals surface area contributed by atoms with E-state index in [4.69, 9.17) is 13.7 Å². The predicted molar refractivity (Wildman–Crippen MR) is 94.5 cm³/mol. The third kappa shape index (κ3) is 4.30. The molecule has 7 heteroatoms. The smallest absolute Gasteiger partial charge is 0.227 e. The molecule has 0 aliphatic heterocycles. The minimum Gasteiger partial charge on any atom is -0.497 e. The van der Waals surface area contributed by atoms with E-state index in [0.717, 1.165) is 22.8 Å². The van der Waals surface area contributed by atoms with Gasteiger partial charge < -0.3 is 18.6 Å². The van der Waals surface area contributed by atoms with Gasteiger partial charge in [0.2, 0.25) is 17.6 Å². The van der Waals surface area contributed by atoms with Crippen LogP contribution < -0.4 is 4.74 Å². The first kappa shape index (κ1) is 17.7. The van der Waals surface area contributed by atoms with E-state index < -0.39 is 0 Å². The van der Waals surface area contributed by atoms with Gasteiger partial charge in [-0.05, 0) is 43.3 Å². The standard InChI is InChI=1S/C19H21N3O4/c1-13-4-7-16(25-13)12-22(2)18(23)11-10-17-20-19(21-26-17)14-5-8-15(24-3)9-6-14/h4-9H,10-12H2,1-3H3. The quantitative estimate of drug-likeness (QED) is 0.647. The lowest BCUT2D eigenvalue weighted by atomic mass is 10.2. The zero-order chi connectivity index (χ0) is 18.5. The molecule has 2 aromatic heterocycles. The molecule has 7 nitrogen and oxygen atoms in total. The van der Waals surface area contributed by atoms with Crippen molar-refractivity contribution in [2.75, 3.05) is 14.2 Å². The van der Waals surface area contributed by atoms with Crippen LogP contribution in [0.25, 0.3) is 11.4 Å². The summed E-state index contributed by atoms with van der Waals surface area (Å²) >= 11 is 0. The van der Waals surface area contributed by atoms with E-state index in [2.05, 4.69) is 10.1 Å². The van der Waals surface area contributed by atoms with Gasteiger partial charge in [0, 0.05) is 25.5 Å². The van der Waals surface area contributed by atoms with Crippen LogP contribution >= 0.6 is 0 Å². The maximum atomic E-state index is 12.3. The summed E-state index contributed by atoms with van der Waals surface area (Å²) in [6, 6.07) is 11.1. The summed E-state index contributed by atoms with van der Waals surface area (Å²) in [6.07, 6.45) is 0.684. The van der Waals surface area contributed by atoms with E-state index in [1.165, 1.54) is 0 Å².